The normalized spacial score (nSPS) is 25.3. The Bertz CT molecular complexity index is 3890. The summed E-state index contributed by atoms with van der Waals surface area (Å²) in [5, 5.41) is 27.7. The molecule has 9 amide bonds. The number of hydrogen-bond donors (Lipinski definition) is 9. The summed E-state index contributed by atoms with van der Waals surface area (Å²) in [6.07, 6.45) is 10.3. The molecule has 3 saturated carbocycles. The minimum Gasteiger partial charge on any atom is -0.489 e. The van der Waals surface area contributed by atoms with Crippen molar-refractivity contribution in [1.29, 1.82) is 0 Å². The minimum atomic E-state index is -0.873. The zero-order chi connectivity index (χ0) is 83.8. The molecular weight excluding hydrogens is 1530 g/mol. The van der Waals surface area contributed by atoms with E-state index in [0.717, 1.165) is 96.4 Å². The molecule has 26 heteroatoms. The van der Waals surface area contributed by atoms with Gasteiger partial charge in [-0.3, -0.25) is 43.2 Å². The molecule has 0 saturated heterocycles. The lowest BCUT2D eigenvalue weighted by molar-refractivity contribution is -0.141. The third-order valence-corrected chi connectivity index (χ3v) is 22.7. The Morgan fingerprint density at radius 1 is 0.350 bits per heavy atom. The van der Waals surface area contributed by atoms with E-state index in [1.807, 2.05) is 125 Å². The van der Waals surface area contributed by atoms with Crippen LogP contribution in [0.2, 0.25) is 0 Å². The van der Waals surface area contributed by atoms with Crippen molar-refractivity contribution in [2.45, 2.75) is 240 Å². The van der Waals surface area contributed by atoms with E-state index in [-0.39, 0.29) is 130 Å². The summed E-state index contributed by atoms with van der Waals surface area (Å²) >= 11 is 0. The SMILES string of the molecule is C.C.C.CC1CN[C@@H](C2CC2)C(=O)N(C)[C@H](C)C(=O)N[C@H](Cc2ccc(F)cc2)C(=O)NCCCc2ccccc2O1.C[C@@H]1CN[C@@H](C2CC2)C(=O)N(C)[C@H](C)C(=O)N[C@H](Cc2ccc(F)cc2)C(=O)NCCCc2ccccc2O1.Cc1ccc(C[C@H]2NC(=O)[C@@H](C)N(C)C(=O)[C@H](C3CC3)NC[C@H](C)Oc3ccccc3CCCNC2=O)cc1. The fraction of sp³-hybridized carbons (Fsp3) is 0.521. The van der Waals surface area contributed by atoms with Crippen LogP contribution in [0.25, 0.3) is 0 Å². The summed E-state index contributed by atoms with van der Waals surface area (Å²) in [7, 11) is 4.90. The average molecular weight is 1660 g/mol. The lowest BCUT2D eigenvalue weighted by Crippen LogP contribution is -2.57. The fourth-order valence-corrected chi connectivity index (χ4v) is 14.6. The molecule has 3 fully saturated rings. The van der Waals surface area contributed by atoms with Crippen LogP contribution in [0.4, 0.5) is 8.78 Å². The maximum atomic E-state index is 13.5. The number of carbonyl (C=O) groups is 9. The molecular formula is C94H132F2N12O12. The highest BCUT2D eigenvalue weighted by molar-refractivity contribution is 5.95. The highest BCUT2D eigenvalue weighted by Gasteiger charge is 2.43. The van der Waals surface area contributed by atoms with E-state index in [4.69, 9.17) is 14.2 Å². The molecule has 0 aromatic heterocycles. The average Bonchev–Trinajstić information content (AvgIpc) is 1.74. The lowest BCUT2D eigenvalue weighted by Gasteiger charge is -2.31. The second kappa shape index (κ2) is 47.0. The predicted molar refractivity (Wildman–Crippen MR) is 465 cm³/mol. The number of likely N-dealkylation sites (N-methyl/N-ethyl adjacent to an activating group) is 3. The van der Waals surface area contributed by atoms with Crippen molar-refractivity contribution in [3.63, 3.8) is 0 Å². The van der Waals surface area contributed by atoms with Gasteiger partial charge in [-0.2, -0.15) is 0 Å². The van der Waals surface area contributed by atoms with Crippen LogP contribution in [-0.2, 0) is 81.7 Å². The van der Waals surface area contributed by atoms with Crippen LogP contribution in [0.3, 0.4) is 0 Å². The summed E-state index contributed by atoms with van der Waals surface area (Å²) in [6, 6.07) is 37.3. The van der Waals surface area contributed by atoms with Crippen molar-refractivity contribution in [2.75, 3.05) is 60.4 Å². The molecule has 654 valence electrons. The molecule has 120 heavy (non-hydrogen) atoms. The summed E-state index contributed by atoms with van der Waals surface area (Å²) in [4.78, 5) is 124. The molecule has 6 aliphatic rings. The number of para-hydroxylation sites is 3. The number of ether oxygens (including phenoxy) is 3. The first kappa shape index (κ1) is 96.8. The molecule has 0 bridgehead atoms. The fourth-order valence-electron chi connectivity index (χ4n) is 14.6. The van der Waals surface area contributed by atoms with E-state index in [1.54, 1.807) is 66.2 Å². The first-order chi connectivity index (χ1) is 56.2. The highest BCUT2D eigenvalue weighted by atomic mass is 19.1. The second-order valence-electron chi connectivity index (χ2n) is 32.4. The van der Waals surface area contributed by atoms with E-state index < -0.39 is 60.1 Å². The van der Waals surface area contributed by atoms with Crippen LogP contribution >= 0.6 is 0 Å². The molecule has 6 aromatic rings. The van der Waals surface area contributed by atoms with Gasteiger partial charge in [0.15, 0.2) is 0 Å². The topological polar surface area (TPSA) is 299 Å². The summed E-state index contributed by atoms with van der Waals surface area (Å²) in [5.74, 6) is -0.164. The number of benzene rings is 6. The Hall–Kier alpha value is -10.3. The molecule has 0 spiro atoms. The zero-order valence-electron chi connectivity index (χ0n) is 69.4. The molecule has 12 atom stereocenters. The summed E-state index contributed by atoms with van der Waals surface area (Å²) in [6.45, 7) is 15.8. The Kier molecular flexibility index (Phi) is 38.0. The van der Waals surface area contributed by atoms with Gasteiger partial charge in [0.25, 0.3) is 0 Å². The number of rotatable bonds is 9. The first-order valence-corrected chi connectivity index (χ1v) is 41.7. The van der Waals surface area contributed by atoms with Crippen molar-refractivity contribution >= 4 is 53.2 Å². The van der Waals surface area contributed by atoms with Gasteiger partial charge in [-0.25, -0.2) is 8.78 Å². The Morgan fingerprint density at radius 2 is 0.600 bits per heavy atom. The molecule has 0 radical (unpaired) electrons. The van der Waals surface area contributed by atoms with Gasteiger partial charge in [-0.1, -0.05) is 131 Å². The van der Waals surface area contributed by atoms with Crippen molar-refractivity contribution in [3.05, 3.63) is 196 Å². The van der Waals surface area contributed by atoms with Crippen LogP contribution in [0.15, 0.2) is 146 Å². The predicted octanol–water partition coefficient (Wildman–Crippen LogP) is 9.87. The van der Waals surface area contributed by atoms with Crippen LogP contribution < -0.4 is 62.1 Å². The largest absolute Gasteiger partial charge is 0.489 e. The van der Waals surface area contributed by atoms with Gasteiger partial charge in [-0.15, -0.1) is 0 Å². The maximum Gasteiger partial charge on any atom is 0.243 e. The van der Waals surface area contributed by atoms with Crippen molar-refractivity contribution in [3.8, 4) is 17.2 Å². The van der Waals surface area contributed by atoms with E-state index in [0.29, 0.717) is 82.5 Å². The number of nitrogens with zero attached hydrogens (tertiary/aromatic N) is 3. The number of hydrogen-bond acceptors (Lipinski definition) is 15. The van der Waals surface area contributed by atoms with Gasteiger partial charge in [0.05, 0.1) is 18.1 Å². The van der Waals surface area contributed by atoms with E-state index in [1.165, 1.54) is 39.0 Å². The van der Waals surface area contributed by atoms with Gasteiger partial charge >= 0.3 is 0 Å². The Balaban J connectivity index is 0.000000245. The van der Waals surface area contributed by atoms with Crippen LogP contribution in [0, 0.1) is 36.3 Å². The van der Waals surface area contributed by atoms with E-state index in [2.05, 4.69) is 47.9 Å². The molecule has 6 aromatic carbocycles. The number of amides is 9. The summed E-state index contributed by atoms with van der Waals surface area (Å²) < 4.78 is 45.6. The summed E-state index contributed by atoms with van der Waals surface area (Å²) in [5.41, 5.74) is 6.68. The van der Waals surface area contributed by atoms with Gasteiger partial charge in [0.2, 0.25) is 53.2 Å². The second-order valence-corrected chi connectivity index (χ2v) is 32.4. The van der Waals surface area contributed by atoms with Crippen LogP contribution in [0.5, 0.6) is 17.2 Å². The quantitative estimate of drug-likeness (QED) is 0.0651. The first-order valence-electron chi connectivity index (χ1n) is 41.7. The maximum absolute atomic E-state index is 13.5. The molecule has 9 N–H and O–H groups in total. The molecule has 12 rings (SSSR count). The number of carbonyl (C=O) groups excluding carboxylic acids is 9. The van der Waals surface area contributed by atoms with Crippen molar-refractivity contribution in [2.24, 2.45) is 17.8 Å². The van der Waals surface area contributed by atoms with Gasteiger partial charge < -0.3 is 76.8 Å². The van der Waals surface area contributed by atoms with E-state index >= 15 is 0 Å². The third-order valence-electron chi connectivity index (χ3n) is 22.7. The number of halogens is 2. The highest BCUT2D eigenvalue weighted by Crippen LogP contribution is 2.36. The van der Waals surface area contributed by atoms with Gasteiger partial charge in [-0.05, 0) is 219 Å². The number of nitrogens with one attached hydrogen (secondary N) is 9. The molecule has 3 aliphatic heterocycles. The standard InChI is InChI=1S/C31H42N4O4.2C30H39FN4O4.3CH4/c1-20-11-13-23(14-12-20)18-26-30(37)32-17-7-9-24-8-5-6-10-27(24)39-21(2)19-33-28(25-15-16-25)31(38)35(4)22(3)29(36)34-26;2*1-19-18-33-27(23-12-13-23)30(38)35(3)20(2)28(36)34-25(17-21-10-14-24(31)15-11-21)29(37)32-16-6-8-22-7-4-5-9-26(22)39-19;;;/h5-6,8,10-14,21-22,25-26,28,33H,7,9,15-19H2,1-4H3,(H,32,37)(H,34,36);2*4-5,7,9-11,14-15,19-20,23,25,27,33H,6,8,12-13,16-18H2,1-3H3,(H,32,37)(H,34,36);3*1H4/t21-,22+,26+,28-;19?,20-,25-,27+;19-,20-,25-,27+;;;/m011.../s1. The lowest BCUT2D eigenvalue weighted by atomic mass is 10.0. The molecule has 3 aliphatic carbocycles. The molecule has 24 nitrogen and oxygen atoms in total. The van der Waals surface area contributed by atoms with Gasteiger partial charge in [0, 0.05) is 79.7 Å². The zero-order valence-corrected chi connectivity index (χ0v) is 69.4. The molecule has 3 heterocycles. The van der Waals surface area contributed by atoms with E-state index in [9.17, 15) is 51.9 Å². The number of aryl methyl sites for hydroxylation is 4. The van der Waals surface area contributed by atoms with Crippen molar-refractivity contribution < 1.29 is 66.1 Å². The third kappa shape index (κ3) is 29.0. The van der Waals surface area contributed by atoms with Gasteiger partial charge in [0.1, 0.15) is 83.4 Å². The molecule has 1 unspecified atom stereocenters. The Labute approximate surface area is 709 Å². The van der Waals surface area contributed by atoms with Crippen LogP contribution in [-0.4, -0.2) is 201 Å². The number of fused-ring (bicyclic) bond motifs is 3. The monoisotopic (exact) mass is 1660 g/mol. The van der Waals surface area contributed by atoms with Crippen LogP contribution in [0.1, 0.15) is 161 Å². The Morgan fingerprint density at radius 3 is 0.858 bits per heavy atom. The van der Waals surface area contributed by atoms with Crippen molar-refractivity contribution in [1.82, 2.24) is 62.6 Å². The smallest absolute Gasteiger partial charge is 0.243 e. The minimum absolute atomic E-state index is 0.